The number of nitrogens with one attached hydrogen (secondary N) is 3. The number of carbonyl (C=O) groups excluding carboxylic acids is 1. The predicted octanol–water partition coefficient (Wildman–Crippen LogP) is 2.78. The first-order valence-electron chi connectivity index (χ1n) is 8.66. The first kappa shape index (κ1) is 22.1. The molecule has 1 saturated heterocycles. The van der Waals surface area contributed by atoms with Crippen LogP contribution < -0.4 is 16.0 Å². The summed E-state index contributed by atoms with van der Waals surface area (Å²) in [5.74, 6) is 2.36. The van der Waals surface area contributed by atoms with E-state index in [0.29, 0.717) is 17.6 Å². The number of hydrogen-bond acceptors (Lipinski definition) is 4. The lowest BCUT2D eigenvalue weighted by molar-refractivity contribution is 0.0925. The minimum atomic E-state index is -0.156. The van der Waals surface area contributed by atoms with Crippen LogP contribution in [0.3, 0.4) is 0 Å². The molecule has 0 radical (unpaired) electrons. The van der Waals surface area contributed by atoms with Crippen molar-refractivity contribution in [2.75, 3.05) is 31.9 Å². The molecule has 1 amide bonds. The fraction of sp³-hybridized carbons (Fsp3) is 0.647. The van der Waals surface area contributed by atoms with Crippen LogP contribution in [-0.2, 0) is 0 Å². The maximum atomic E-state index is 11.9. The van der Waals surface area contributed by atoms with Crippen molar-refractivity contribution < 1.29 is 9.21 Å². The van der Waals surface area contributed by atoms with Crippen molar-refractivity contribution in [1.82, 2.24) is 16.0 Å². The van der Waals surface area contributed by atoms with E-state index in [1.165, 1.54) is 24.9 Å². The number of carbonyl (C=O) groups is 1. The van der Waals surface area contributed by atoms with Crippen molar-refractivity contribution in [3.8, 4) is 0 Å². The molecule has 0 aromatic carbocycles. The molecule has 1 aliphatic heterocycles. The van der Waals surface area contributed by atoms with Gasteiger partial charge in [-0.25, -0.2) is 0 Å². The van der Waals surface area contributed by atoms with Gasteiger partial charge in [-0.2, -0.15) is 11.8 Å². The molecule has 2 rings (SSSR count). The van der Waals surface area contributed by atoms with Crippen LogP contribution in [0.15, 0.2) is 21.7 Å². The van der Waals surface area contributed by atoms with E-state index in [2.05, 4.69) is 27.9 Å². The number of thioether (sulfide) groups is 1. The number of guanidine groups is 1. The normalized spacial score (nSPS) is 17.0. The van der Waals surface area contributed by atoms with Gasteiger partial charge in [0.05, 0.1) is 12.8 Å². The largest absolute Gasteiger partial charge is 0.459 e. The molecule has 1 unspecified atom stereocenters. The minimum absolute atomic E-state index is 0. The highest BCUT2D eigenvalue weighted by Crippen LogP contribution is 2.25. The quantitative estimate of drug-likeness (QED) is 0.231. The SMILES string of the molecule is CCNC(=NCC1CCCS1)NCCCNC(=O)c1occc1C.I. The third-order valence-electron chi connectivity index (χ3n) is 3.82. The van der Waals surface area contributed by atoms with Gasteiger partial charge in [0.1, 0.15) is 0 Å². The molecule has 0 bridgehead atoms. The summed E-state index contributed by atoms with van der Waals surface area (Å²) in [5.41, 5.74) is 0.858. The van der Waals surface area contributed by atoms with Gasteiger partial charge in [0.15, 0.2) is 11.7 Å². The molecule has 142 valence electrons. The van der Waals surface area contributed by atoms with E-state index in [-0.39, 0.29) is 29.9 Å². The molecular weight excluding hydrogens is 451 g/mol. The Hall–Kier alpha value is -0.900. The summed E-state index contributed by atoms with van der Waals surface area (Å²) in [5, 5.41) is 10.1. The maximum absolute atomic E-state index is 11.9. The van der Waals surface area contributed by atoms with Crippen molar-refractivity contribution in [1.29, 1.82) is 0 Å². The number of furan rings is 1. The molecule has 0 saturated carbocycles. The van der Waals surface area contributed by atoms with Crippen LogP contribution in [0.25, 0.3) is 0 Å². The van der Waals surface area contributed by atoms with Crippen molar-refractivity contribution in [2.45, 2.75) is 38.4 Å². The molecule has 0 aliphatic carbocycles. The molecule has 0 spiro atoms. The molecule has 1 atom stereocenters. The van der Waals surface area contributed by atoms with Crippen molar-refractivity contribution in [3.63, 3.8) is 0 Å². The van der Waals surface area contributed by atoms with Crippen LogP contribution in [-0.4, -0.2) is 49.0 Å². The number of aryl methyl sites for hydroxylation is 1. The summed E-state index contributed by atoms with van der Waals surface area (Å²) in [6.45, 7) is 7.01. The van der Waals surface area contributed by atoms with Crippen molar-refractivity contribution in [2.24, 2.45) is 4.99 Å². The summed E-state index contributed by atoms with van der Waals surface area (Å²) in [7, 11) is 0. The second-order valence-electron chi connectivity index (χ2n) is 5.82. The molecule has 2 heterocycles. The number of hydrogen-bond donors (Lipinski definition) is 3. The lowest BCUT2D eigenvalue weighted by atomic mass is 10.2. The third kappa shape index (κ3) is 7.89. The van der Waals surface area contributed by atoms with Gasteiger partial charge in [-0.1, -0.05) is 0 Å². The number of aliphatic imine (C=N–C) groups is 1. The standard InChI is InChI=1S/C17H28N4O2S.HI/c1-3-18-17(21-12-14-6-4-11-24-14)20-9-5-8-19-16(22)15-13(2)7-10-23-15;/h7,10,14H,3-6,8-9,11-12H2,1-2H3,(H,19,22)(H2,18,20,21);1H. The number of amides is 1. The van der Waals surface area contributed by atoms with Gasteiger partial charge < -0.3 is 20.4 Å². The van der Waals surface area contributed by atoms with Crippen molar-refractivity contribution >= 4 is 47.6 Å². The molecule has 1 aliphatic rings. The molecule has 1 aromatic rings. The minimum Gasteiger partial charge on any atom is -0.459 e. The molecule has 3 N–H and O–H groups in total. The zero-order chi connectivity index (χ0) is 17.2. The maximum Gasteiger partial charge on any atom is 0.287 e. The van der Waals surface area contributed by atoms with Gasteiger partial charge >= 0.3 is 0 Å². The summed E-state index contributed by atoms with van der Waals surface area (Å²) < 4.78 is 5.18. The van der Waals surface area contributed by atoms with E-state index in [1.54, 1.807) is 6.07 Å². The highest BCUT2D eigenvalue weighted by atomic mass is 127. The monoisotopic (exact) mass is 480 g/mol. The van der Waals surface area contributed by atoms with Crippen LogP contribution in [0, 0.1) is 6.92 Å². The summed E-state index contributed by atoms with van der Waals surface area (Å²) in [4.78, 5) is 16.6. The Balaban J connectivity index is 0.00000312. The van der Waals surface area contributed by atoms with Crippen LogP contribution in [0.1, 0.15) is 42.3 Å². The number of nitrogens with zero attached hydrogens (tertiary/aromatic N) is 1. The third-order valence-corrected chi connectivity index (χ3v) is 5.20. The highest BCUT2D eigenvalue weighted by Gasteiger charge is 2.15. The van der Waals surface area contributed by atoms with Crippen LogP contribution in [0.5, 0.6) is 0 Å². The second-order valence-corrected chi connectivity index (χ2v) is 7.23. The van der Waals surface area contributed by atoms with Crippen LogP contribution >= 0.6 is 35.7 Å². The van der Waals surface area contributed by atoms with Gasteiger partial charge in [-0.15, -0.1) is 24.0 Å². The Morgan fingerprint density at radius 1 is 1.36 bits per heavy atom. The fourth-order valence-electron chi connectivity index (χ4n) is 2.51. The summed E-state index contributed by atoms with van der Waals surface area (Å²) in [6.07, 6.45) is 4.94. The Bertz CT molecular complexity index is 545. The molecule has 6 nitrogen and oxygen atoms in total. The van der Waals surface area contributed by atoms with Gasteiger partial charge in [0.2, 0.25) is 0 Å². The van der Waals surface area contributed by atoms with E-state index >= 15 is 0 Å². The molecule has 25 heavy (non-hydrogen) atoms. The van der Waals surface area contributed by atoms with Gasteiger partial charge in [-0.3, -0.25) is 9.79 Å². The van der Waals surface area contributed by atoms with Crippen molar-refractivity contribution in [3.05, 3.63) is 23.7 Å². The lowest BCUT2D eigenvalue weighted by Gasteiger charge is -2.12. The second kappa shape index (κ2) is 12.5. The Kier molecular flexibility index (Phi) is 11.0. The molecule has 1 aromatic heterocycles. The van der Waals surface area contributed by atoms with Crippen LogP contribution in [0.2, 0.25) is 0 Å². The highest BCUT2D eigenvalue weighted by molar-refractivity contribution is 14.0. The summed E-state index contributed by atoms with van der Waals surface area (Å²) >= 11 is 2.02. The van der Waals surface area contributed by atoms with Gasteiger partial charge in [0, 0.05) is 30.4 Å². The average molecular weight is 480 g/mol. The lowest BCUT2D eigenvalue weighted by Crippen LogP contribution is -2.39. The number of rotatable bonds is 8. The first-order valence-corrected chi connectivity index (χ1v) is 9.71. The van der Waals surface area contributed by atoms with E-state index < -0.39 is 0 Å². The average Bonchev–Trinajstić information content (AvgIpc) is 3.23. The Morgan fingerprint density at radius 2 is 2.16 bits per heavy atom. The fourth-order valence-corrected chi connectivity index (χ4v) is 3.69. The van der Waals surface area contributed by atoms with E-state index in [4.69, 9.17) is 4.42 Å². The summed E-state index contributed by atoms with van der Waals surface area (Å²) in [6, 6.07) is 1.79. The Labute approximate surface area is 171 Å². The van der Waals surface area contributed by atoms with E-state index in [9.17, 15) is 4.79 Å². The first-order chi connectivity index (χ1) is 11.7. The topological polar surface area (TPSA) is 78.7 Å². The predicted molar refractivity (Wildman–Crippen MR) is 115 cm³/mol. The van der Waals surface area contributed by atoms with Gasteiger partial charge in [-0.05, 0) is 44.9 Å². The van der Waals surface area contributed by atoms with Crippen LogP contribution in [0.4, 0.5) is 0 Å². The Morgan fingerprint density at radius 3 is 2.80 bits per heavy atom. The van der Waals surface area contributed by atoms with E-state index in [1.807, 2.05) is 18.7 Å². The van der Waals surface area contributed by atoms with Gasteiger partial charge in [0.25, 0.3) is 5.91 Å². The molecular formula is C17H29IN4O2S. The molecule has 8 heteroatoms. The zero-order valence-corrected chi connectivity index (χ0v) is 18.1. The van der Waals surface area contributed by atoms with E-state index in [0.717, 1.165) is 37.6 Å². The number of halogens is 1. The smallest absolute Gasteiger partial charge is 0.287 e. The zero-order valence-electron chi connectivity index (χ0n) is 15.0. The molecule has 1 fully saturated rings.